The Balaban J connectivity index is 1.36. The van der Waals surface area contributed by atoms with Crippen LogP contribution in [0.2, 0.25) is 10.0 Å². The predicted octanol–water partition coefficient (Wildman–Crippen LogP) is 6.55. The molecule has 0 radical (unpaired) electrons. The van der Waals surface area contributed by atoms with Gasteiger partial charge in [0.1, 0.15) is 5.82 Å². The van der Waals surface area contributed by atoms with Crippen LogP contribution < -0.4 is 4.90 Å². The van der Waals surface area contributed by atoms with Crippen LogP contribution in [0.1, 0.15) is 34.4 Å². The number of aryl methyl sites for hydroxylation is 1. The minimum Gasteiger partial charge on any atom is -0.374 e. The molecular formula is C33H28Cl2N6O. The lowest BCUT2D eigenvalue weighted by Gasteiger charge is -2.34. The number of benzene rings is 3. The summed E-state index contributed by atoms with van der Waals surface area (Å²) in [5.74, 6) is 0.919. The van der Waals surface area contributed by atoms with E-state index in [1.165, 1.54) is 0 Å². The standard InChI is InChI=1S/C33H28Cl2N6O/c1-39-21-36-20-30(39)33(42,23-6-9-25(34)10-7-23)24-8-13-29-27(19-24)31(35)28(32(38-29)40-15-3-16-40)18-22-4-11-26(12-5-22)41-17-2-14-37-41/h2,4-14,17,19-21,42H,3,15-16,18H2,1H3. The van der Waals surface area contributed by atoms with Gasteiger partial charge in [-0.15, -0.1) is 0 Å². The van der Waals surface area contributed by atoms with E-state index in [2.05, 4.69) is 39.2 Å². The van der Waals surface area contributed by atoms with Crippen LogP contribution in [-0.4, -0.2) is 42.5 Å². The molecule has 0 aliphatic carbocycles. The zero-order valence-electron chi connectivity index (χ0n) is 23.0. The maximum absolute atomic E-state index is 12.5. The highest BCUT2D eigenvalue weighted by Gasteiger charge is 2.37. The zero-order valence-corrected chi connectivity index (χ0v) is 24.5. The summed E-state index contributed by atoms with van der Waals surface area (Å²) in [5.41, 5.74) is 4.35. The summed E-state index contributed by atoms with van der Waals surface area (Å²) in [5, 5.41) is 18.8. The number of rotatable bonds is 7. The molecule has 1 atom stereocenters. The predicted molar refractivity (Wildman–Crippen MR) is 167 cm³/mol. The second-order valence-corrected chi connectivity index (χ2v) is 11.5. The highest BCUT2D eigenvalue weighted by Crippen LogP contribution is 2.41. The first kappa shape index (κ1) is 26.7. The summed E-state index contributed by atoms with van der Waals surface area (Å²) in [6.07, 6.45) is 8.82. The van der Waals surface area contributed by atoms with E-state index in [0.29, 0.717) is 33.3 Å². The molecule has 4 heterocycles. The van der Waals surface area contributed by atoms with Crippen LogP contribution in [0.3, 0.4) is 0 Å². The third-order valence-corrected chi connectivity index (χ3v) is 8.79. The number of imidazole rings is 1. The fraction of sp³-hybridized carbons (Fsp3) is 0.182. The van der Waals surface area contributed by atoms with Gasteiger partial charge in [0.05, 0.1) is 34.4 Å². The van der Waals surface area contributed by atoms with Gasteiger partial charge < -0.3 is 14.6 Å². The first-order valence-corrected chi connectivity index (χ1v) is 14.6. The molecule has 0 spiro atoms. The van der Waals surface area contributed by atoms with Gasteiger partial charge in [-0.05, 0) is 65.6 Å². The van der Waals surface area contributed by atoms with Crippen LogP contribution in [0, 0.1) is 0 Å². The van der Waals surface area contributed by atoms with Gasteiger partial charge in [-0.2, -0.15) is 5.10 Å². The number of aliphatic hydroxyl groups is 1. The topological polar surface area (TPSA) is 72.0 Å². The number of nitrogens with zero attached hydrogens (tertiary/aromatic N) is 6. The Morgan fingerprint density at radius 3 is 2.36 bits per heavy atom. The number of hydrogen-bond donors (Lipinski definition) is 1. The van der Waals surface area contributed by atoms with Crippen LogP contribution in [0.4, 0.5) is 5.82 Å². The molecule has 3 aromatic heterocycles. The number of pyridine rings is 1. The monoisotopic (exact) mass is 594 g/mol. The molecule has 3 aromatic carbocycles. The normalized spacial score (nSPS) is 14.6. The molecule has 0 bridgehead atoms. The largest absolute Gasteiger partial charge is 0.374 e. The van der Waals surface area contributed by atoms with Gasteiger partial charge in [-0.3, -0.25) is 0 Å². The first-order valence-electron chi connectivity index (χ1n) is 13.8. The van der Waals surface area contributed by atoms with Crippen molar-refractivity contribution in [2.24, 2.45) is 7.05 Å². The molecule has 0 saturated carbocycles. The fourth-order valence-electron chi connectivity index (χ4n) is 5.67. The third-order valence-electron chi connectivity index (χ3n) is 8.10. The summed E-state index contributed by atoms with van der Waals surface area (Å²) in [4.78, 5) is 11.7. The van der Waals surface area contributed by atoms with Gasteiger partial charge in [-0.25, -0.2) is 14.6 Å². The fourth-order valence-corrected chi connectivity index (χ4v) is 6.10. The van der Waals surface area contributed by atoms with Crippen LogP contribution in [0.5, 0.6) is 0 Å². The molecule has 1 saturated heterocycles. The number of aromatic nitrogens is 5. The minimum atomic E-state index is -1.49. The smallest absolute Gasteiger partial charge is 0.156 e. The second-order valence-electron chi connectivity index (χ2n) is 10.7. The van der Waals surface area contributed by atoms with Crippen molar-refractivity contribution < 1.29 is 5.11 Å². The molecular weight excluding hydrogens is 567 g/mol. The molecule has 6 aromatic rings. The van der Waals surface area contributed by atoms with E-state index in [4.69, 9.17) is 28.2 Å². The summed E-state index contributed by atoms with van der Waals surface area (Å²) in [6, 6.07) is 23.3. The Labute approximate surface area is 253 Å². The maximum Gasteiger partial charge on any atom is 0.156 e. The van der Waals surface area contributed by atoms with Crippen molar-refractivity contribution in [2.75, 3.05) is 18.0 Å². The number of fused-ring (bicyclic) bond motifs is 1. The van der Waals surface area contributed by atoms with E-state index in [9.17, 15) is 5.11 Å². The molecule has 42 heavy (non-hydrogen) atoms. The molecule has 1 unspecified atom stereocenters. The molecule has 210 valence electrons. The quantitative estimate of drug-likeness (QED) is 0.227. The van der Waals surface area contributed by atoms with Crippen LogP contribution >= 0.6 is 23.2 Å². The molecule has 9 heteroatoms. The minimum absolute atomic E-state index is 0.595. The van der Waals surface area contributed by atoms with E-state index in [1.54, 1.807) is 30.9 Å². The zero-order chi connectivity index (χ0) is 28.8. The van der Waals surface area contributed by atoms with E-state index >= 15 is 0 Å². The summed E-state index contributed by atoms with van der Waals surface area (Å²) in [7, 11) is 1.87. The van der Waals surface area contributed by atoms with Crippen LogP contribution in [0.15, 0.2) is 97.7 Å². The average molecular weight is 596 g/mol. The van der Waals surface area contributed by atoms with Crippen LogP contribution in [-0.2, 0) is 19.1 Å². The van der Waals surface area contributed by atoms with Gasteiger partial charge in [0.2, 0.25) is 0 Å². The van der Waals surface area contributed by atoms with Crippen molar-refractivity contribution in [1.82, 2.24) is 24.3 Å². The molecule has 1 aliphatic heterocycles. The molecule has 0 amide bonds. The van der Waals surface area contributed by atoms with Gasteiger partial charge in [-0.1, -0.05) is 53.5 Å². The Bertz CT molecular complexity index is 1880. The van der Waals surface area contributed by atoms with Crippen LogP contribution in [0.25, 0.3) is 16.6 Å². The van der Waals surface area contributed by atoms with E-state index < -0.39 is 5.60 Å². The first-order chi connectivity index (χ1) is 20.4. The summed E-state index contributed by atoms with van der Waals surface area (Å²) < 4.78 is 3.66. The number of hydrogen-bond acceptors (Lipinski definition) is 5. The van der Waals surface area contributed by atoms with Crippen molar-refractivity contribution in [3.8, 4) is 5.69 Å². The van der Waals surface area contributed by atoms with E-state index in [0.717, 1.165) is 53.0 Å². The third kappa shape index (κ3) is 4.54. The molecule has 1 aliphatic rings. The Hall–Kier alpha value is -4.17. The van der Waals surface area contributed by atoms with E-state index in [-0.39, 0.29) is 0 Å². The molecule has 7 rings (SSSR count). The average Bonchev–Trinajstić information content (AvgIpc) is 3.67. The van der Waals surface area contributed by atoms with Gasteiger partial charge in [0, 0.05) is 54.9 Å². The lowest BCUT2D eigenvalue weighted by molar-refractivity contribution is 0.117. The van der Waals surface area contributed by atoms with E-state index in [1.807, 2.05) is 58.9 Å². The second kappa shape index (κ2) is 10.6. The van der Waals surface area contributed by atoms with Crippen molar-refractivity contribution in [3.05, 3.63) is 136 Å². The van der Waals surface area contributed by atoms with Crippen molar-refractivity contribution in [2.45, 2.75) is 18.4 Å². The highest BCUT2D eigenvalue weighted by atomic mass is 35.5. The number of anilines is 1. The Kier molecular flexibility index (Phi) is 6.73. The lowest BCUT2D eigenvalue weighted by atomic mass is 9.83. The Morgan fingerprint density at radius 1 is 0.952 bits per heavy atom. The highest BCUT2D eigenvalue weighted by molar-refractivity contribution is 6.36. The summed E-state index contributed by atoms with van der Waals surface area (Å²) >= 11 is 13.5. The van der Waals surface area contributed by atoms with Crippen molar-refractivity contribution in [3.63, 3.8) is 0 Å². The van der Waals surface area contributed by atoms with Gasteiger partial charge >= 0.3 is 0 Å². The molecule has 7 nitrogen and oxygen atoms in total. The maximum atomic E-state index is 12.5. The Morgan fingerprint density at radius 2 is 1.71 bits per heavy atom. The number of halogens is 2. The molecule has 1 fully saturated rings. The molecule has 1 N–H and O–H groups in total. The summed E-state index contributed by atoms with van der Waals surface area (Å²) in [6.45, 7) is 1.91. The lowest BCUT2D eigenvalue weighted by Crippen LogP contribution is -2.38. The van der Waals surface area contributed by atoms with Crippen molar-refractivity contribution >= 4 is 39.9 Å². The SMILES string of the molecule is Cn1cncc1C(O)(c1ccc(Cl)cc1)c1ccc2nc(N3CCC3)c(Cc3ccc(-n4cccn4)cc3)c(Cl)c2c1. The van der Waals surface area contributed by atoms with Gasteiger partial charge in [0.15, 0.2) is 5.60 Å². The van der Waals surface area contributed by atoms with Gasteiger partial charge in [0.25, 0.3) is 0 Å². The van der Waals surface area contributed by atoms with Crippen molar-refractivity contribution in [1.29, 1.82) is 0 Å².